The summed E-state index contributed by atoms with van der Waals surface area (Å²) < 4.78 is 40.0. The largest absolute Gasteiger partial charge is 0.350 e. The number of carbonyl (C=O) groups is 1. The van der Waals surface area contributed by atoms with Gasteiger partial charge in [0.1, 0.15) is 11.1 Å². The summed E-state index contributed by atoms with van der Waals surface area (Å²) in [6.45, 7) is -0.182. The lowest BCUT2D eigenvalue weighted by Gasteiger charge is -2.17. The predicted molar refractivity (Wildman–Crippen MR) is 104 cm³/mol. The van der Waals surface area contributed by atoms with E-state index in [1.807, 2.05) is 0 Å². The molecule has 1 atom stereocenters. The van der Waals surface area contributed by atoms with E-state index in [0.717, 1.165) is 0 Å². The first-order valence-corrected chi connectivity index (χ1v) is 10.8. The lowest BCUT2D eigenvalue weighted by Crippen LogP contribution is -2.32. The van der Waals surface area contributed by atoms with Gasteiger partial charge in [0.2, 0.25) is 0 Å². The zero-order chi connectivity index (χ0) is 19.4. The molecule has 4 nitrogen and oxygen atoms in total. The van der Waals surface area contributed by atoms with Crippen LogP contribution in [0.2, 0.25) is 5.02 Å². The summed E-state index contributed by atoms with van der Waals surface area (Å²) in [5.74, 6) is -1.33. The molecule has 1 amide bonds. The minimum absolute atomic E-state index is 0.102. The molecule has 27 heavy (non-hydrogen) atoms. The minimum Gasteiger partial charge on any atom is -0.350 e. The number of nitrogens with one attached hydrogen (secondary N) is 1. The maximum atomic E-state index is 13.8. The second kappa shape index (κ2) is 8.21. The molecule has 3 rings (SSSR count). The summed E-state index contributed by atoms with van der Waals surface area (Å²) in [6, 6.07) is 14.8. The van der Waals surface area contributed by atoms with Gasteiger partial charge in [0.25, 0.3) is 5.91 Å². The van der Waals surface area contributed by atoms with Crippen molar-refractivity contribution in [2.45, 2.75) is 10.1 Å². The number of sulfone groups is 1. The fourth-order valence-corrected chi connectivity index (χ4v) is 5.46. The Labute approximate surface area is 165 Å². The summed E-state index contributed by atoms with van der Waals surface area (Å²) in [5.41, 5.74) is -0.133. The maximum Gasteiger partial charge on any atom is 0.254 e. The highest BCUT2D eigenvalue weighted by Gasteiger charge is 2.30. The lowest BCUT2D eigenvalue weighted by atomic mass is 10.2. The summed E-state index contributed by atoms with van der Waals surface area (Å²) in [4.78, 5) is 13.0. The normalized spacial score (nSPS) is 12.5. The van der Waals surface area contributed by atoms with Crippen LogP contribution in [-0.4, -0.2) is 20.9 Å². The van der Waals surface area contributed by atoms with Crippen LogP contribution in [0.5, 0.6) is 0 Å². The zero-order valence-corrected chi connectivity index (χ0v) is 16.3. The average molecular weight is 424 g/mol. The van der Waals surface area contributed by atoms with Gasteiger partial charge in [-0.15, -0.1) is 11.3 Å². The van der Waals surface area contributed by atoms with Crippen molar-refractivity contribution in [1.82, 2.24) is 5.32 Å². The van der Waals surface area contributed by atoms with Crippen LogP contribution in [-0.2, 0) is 9.84 Å². The fourth-order valence-electron chi connectivity index (χ4n) is 2.55. The van der Waals surface area contributed by atoms with Gasteiger partial charge in [-0.1, -0.05) is 29.8 Å². The molecule has 1 heterocycles. The van der Waals surface area contributed by atoms with E-state index in [4.69, 9.17) is 11.6 Å². The third-order valence-corrected chi connectivity index (χ3v) is 7.43. The molecule has 1 N–H and O–H groups in total. The Hall–Kier alpha value is -2.22. The van der Waals surface area contributed by atoms with Crippen molar-refractivity contribution in [3.63, 3.8) is 0 Å². The van der Waals surface area contributed by atoms with Gasteiger partial charge < -0.3 is 5.32 Å². The molecule has 0 bridgehead atoms. The van der Waals surface area contributed by atoms with Crippen LogP contribution in [0, 0.1) is 5.82 Å². The molecule has 0 aliphatic rings. The van der Waals surface area contributed by atoms with Crippen molar-refractivity contribution >= 4 is 38.7 Å². The molecule has 140 valence electrons. The Kier molecular flexibility index (Phi) is 5.94. The molecule has 0 aliphatic carbocycles. The molecule has 0 aliphatic heterocycles. The molecule has 3 aromatic rings. The van der Waals surface area contributed by atoms with Crippen molar-refractivity contribution in [2.24, 2.45) is 0 Å². The number of rotatable bonds is 6. The number of amides is 1. The molecule has 0 radical (unpaired) electrons. The van der Waals surface area contributed by atoms with Gasteiger partial charge in [-0.25, -0.2) is 12.8 Å². The van der Waals surface area contributed by atoms with E-state index in [2.05, 4.69) is 5.32 Å². The van der Waals surface area contributed by atoms with Gasteiger partial charge in [0.05, 0.1) is 10.5 Å². The Morgan fingerprint density at radius 3 is 2.41 bits per heavy atom. The number of thiophene rings is 1. The highest BCUT2D eigenvalue weighted by Crippen LogP contribution is 2.32. The van der Waals surface area contributed by atoms with Gasteiger partial charge in [-0.05, 0) is 47.8 Å². The third kappa shape index (κ3) is 4.37. The van der Waals surface area contributed by atoms with Crippen LogP contribution in [0.4, 0.5) is 4.39 Å². The van der Waals surface area contributed by atoms with E-state index in [0.29, 0.717) is 9.90 Å². The number of benzene rings is 2. The molecule has 0 saturated heterocycles. The van der Waals surface area contributed by atoms with Crippen LogP contribution in [0.15, 0.2) is 70.9 Å². The minimum atomic E-state index is -3.79. The maximum absolute atomic E-state index is 13.8. The van der Waals surface area contributed by atoms with Crippen molar-refractivity contribution in [1.29, 1.82) is 0 Å². The quantitative estimate of drug-likeness (QED) is 0.635. The zero-order valence-electron chi connectivity index (χ0n) is 13.9. The monoisotopic (exact) mass is 423 g/mol. The fraction of sp³-hybridized carbons (Fsp3) is 0.105. The summed E-state index contributed by atoms with van der Waals surface area (Å²) in [7, 11) is -3.79. The molecule has 8 heteroatoms. The lowest BCUT2D eigenvalue weighted by molar-refractivity contribution is 0.0949. The number of hydrogen-bond donors (Lipinski definition) is 1. The molecular weight excluding hydrogens is 409 g/mol. The molecular formula is C19H15ClFNO3S2. The Balaban J connectivity index is 1.88. The van der Waals surface area contributed by atoms with E-state index >= 15 is 0 Å². The van der Waals surface area contributed by atoms with Crippen LogP contribution < -0.4 is 5.32 Å². The second-order valence-electron chi connectivity index (χ2n) is 5.69. The van der Waals surface area contributed by atoms with Crippen molar-refractivity contribution in [3.05, 3.63) is 87.3 Å². The average Bonchev–Trinajstić information content (AvgIpc) is 3.16. The van der Waals surface area contributed by atoms with Gasteiger partial charge in [0.15, 0.2) is 9.84 Å². The van der Waals surface area contributed by atoms with E-state index in [-0.39, 0.29) is 17.0 Å². The Morgan fingerprint density at radius 2 is 1.78 bits per heavy atom. The first kappa shape index (κ1) is 19.5. The summed E-state index contributed by atoms with van der Waals surface area (Å²) in [5, 5.41) is 3.73. The van der Waals surface area contributed by atoms with Gasteiger partial charge in [0, 0.05) is 16.4 Å². The van der Waals surface area contributed by atoms with Crippen molar-refractivity contribution < 1.29 is 17.6 Å². The van der Waals surface area contributed by atoms with Crippen LogP contribution >= 0.6 is 22.9 Å². The molecule has 0 spiro atoms. The van der Waals surface area contributed by atoms with Gasteiger partial charge in [-0.2, -0.15) is 0 Å². The molecule has 2 aromatic carbocycles. The Bertz CT molecular complexity index is 1040. The molecule has 1 aromatic heterocycles. The van der Waals surface area contributed by atoms with Crippen LogP contribution in [0.1, 0.15) is 20.5 Å². The first-order chi connectivity index (χ1) is 12.9. The summed E-state index contributed by atoms with van der Waals surface area (Å²) >= 11 is 7.12. The van der Waals surface area contributed by atoms with Crippen molar-refractivity contribution in [2.75, 3.05) is 6.54 Å². The number of carbonyl (C=O) groups excluding carboxylic acids is 1. The highest BCUT2D eigenvalue weighted by molar-refractivity contribution is 7.91. The molecule has 0 saturated carbocycles. The molecule has 1 unspecified atom stereocenters. The Morgan fingerprint density at radius 1 is 1.07 bits per heavy atom. The highest BCUT2D eigenvalue weighted by atomic mass is 35.5. The topological polar surface area (TPSA) is 63.2 Å². The SMILES string of the molecule is O=C(NCC(c1cccs1)S(=O)(=O)c1ccc(Cl)cc1)c1ccccc1F. The second-order valence-corrected chi connectivity index (χ2v) is 9.24. The van der Waals surface area contributed by atoms with E-state index in [9.17, 15) is 17.6 Å². The number of hydrogen-bond acceptors (Lipinski definition) is 4. The number of halogens is 2. The van der Waals surface area contributed by atoms with Crippen molar-refractivity contribution in [3.8, 4) is 0 Å². The summed E-state index contributed by atoms with van der Waals surface area (Å²) in [6.07, 6.45) is 0. The van der Waals surface area contributed by atoms with Crippen LogP contribution in [0.3, 0.4) is 0 Å². The molecule has 0 fully saturated rings. The standard InChI is InChI=1S/C19H15ClFNO3S2/c20-13-7-9-14(10-8-13)27(24,25)18(17-6-3-11-26-17)12-22-19(23)15-4-1-2-5-16(15)21/h1-11,18H,12H2,(H,22,23). The van der Waals surface area contributed by atoms with Gasteiger partial charge in [-0.3, -0.25) is 4.79 Å². The third-order valence-electron chi connectivity index (χ3n) is 3.94. The van der Waals surface area contributed by atoms with E-state index in [1.54, 1.807) is 23.6 Å². The first-order valence-electron chi connectivity index (χ1n) is 7.95. The van der Waals surface area contributed by atoms with Crippen LogP contribution in [0.25, 0.3) is 0 Å². The predicted octanol–water partition coefficient (Wildman–Crippen LogP) is 4.49. The van der Waals surface area contributed by atoms with Gasteiger partial charge >= 0.3 is 0 Å². The van der Waals surface area contributed by atoms with E-state index in [1.165, 1.54) is 53.8 Å². The van der Waals surface area contributed by atoms with E-state index < -0.39 is 26.8 Å². The smallest absolute Gasteiger partial charge is 0.254 e.